The number of aromatic nitrogens is 1. The van der Waals surface area contributed by atoms with Gasteiger partial charge in [-0.1, -0.05) is 97.1 Å². The monoisotopic (exact) mass is 628 g/mol. The number of fused-ring (bicyclic) bond motifs is 8. The van der Waals surface area contributed by atoms with Crippen LogP contribution in [0, 0.1) is 0 Å². The minimum Gasteiger partial charge on any atom is -0.456 e. The fraction of sp³-hybridized carbons (Fsp3) is 0. The fourth-order valence-electron chi connectivity index (χ4n) is 7.11. The molecule has 0 N–H and O–H groups in total. The number of benzene rings is 8. The maximum atomic E-state index is 6.53. The molecule has 0 aliphatic rings. The van der Waals surface area contributed by atoms with Gasteiger partial charge in [0.1, 0.15) is 16.7 Å². The maximum Gasteiger partial charge on any atom is 0.227 e. The zero-order valence-electron chi connectivity index (χ0n) is 26.4. The Morgan fingerprint density at radius 1 is 0.408 bits per heavy atom. The Kier molecular flexibility index (Phi) is 6.15. The summed E-state index contributed by atoms with van der Waals surface area (Å²) in [5.41, 5.74) is 9.88. The van der Waals surface area contributed by atoms with E-state index in [4.69, 9.17) is 13.8 Å². The lowest BCUT2D eigenvalue weighted by atomic mass is 9.99. The van der Waals surface area contributed by atoms with Crippen LogP contribution in [-0.2, 0) is 0 Å². The van der Waals surface area contributed by atoms with Crippen LogP contribution in [0.4, 0.5) is 17.1 Å². The minimum absolute atomic E-state index is 0.626. The van der Waals surface area contributed by atoms with Gasteiger partial charge in [0.05, 0.1) is 0 Å². The molecule has 2 aromatic heterocycles. The first-order chi connectivity index (χ1) is 24.3. The molecular formula is C45H28N2O2. The Hall–Kier alpha value is -6.65. The molecule has 2 heterocycles. The molecule has 0 bridgehead atoms. The van der Waals surface area contributed by atoms with Crippen LogP contribution in [0.3, 0.4) is 0 Å². The molecule has 0 spiro atoms. The van der Waals surface area contributed by atoms with Crippen molar-refractivity contribution >= 4 is 71.6 Å². The van der Waals surface area contributed by atoms with Gasteiger partial charge in [-0.3, -0.25) is 0 Å². The predicted octanol–water partition coefficient (Wildman–Crippen LogP) is 12.8. The standard InChI is InChI=1S/C45H28N2O2/c1-3-10-31(11-4-1)45-46-40-24-21-30-19-18-29-20-23-36(28-38(29)43(30)44(40)49-45)47(34-13-5-2-6-14-34)35-15-9-12-32(26-35)33-22-25-42-39(27-33)37-16-7-8-17-41(37)48-42/h1-28H. The average molecular weight is 629 g/mol. The van der Waals surface area contributed by atoms with Gasteiger partial charge < -0.3 is 13.7 Å². The summed E-state index contributed by atoms with van der Waals surface area (Å²) < 4.78 is 12.6. The third kappa shape index (κ3) is 4.57. The van der Waals surface area contributed by atoms with Crippen molar-refractivity contribution in [3.63, 3.8) is 0 Å². The molecule has 10 rings (SSSR count). The van der Waals surface area contributed by atoms with Gasteiger partial charge in [-0.05, 0) is 100 Å². The van der Waals surface area contributed by atoms with Crippen LogP contribution in [0.2, 0.25) is 0 Å². The minimum atomic E-state index is 0.626. The number of hydrogen-bond acceptors (Lipinski definition) is 4. The Morgan fingerprint density at radius 3 is 1.98 bits per heavy atom. The summed E-state index contributed by atoms with van der Waals surface area (Å²) in [5, 5.41) is 6.68. The fourth-order valence-corrected chi connectivity index (χ4v) is 7.11. The second kappa shape index (κ2) is 11.0. The highest BCUT2D eigenvalue weighted by Crippen LogP contribution is 2.41. The number of hydrogen-bond donors (Lipinski definition) is 0. The molecule has 4 heteroatoms. The van der Waals surface area contributed by atoms with Gasteiger partial charge in [0, 0.05) is 38.8 Å². The van der Waals surface area contributed by atoms with Gasteiger partial charge >= 0.3 is 0 Å². The van der Waals surface area contributed by atoms with Crippen LogP contribution < -0.4 is 4.90 Å². The highest BCUT2D eigenvalue weighted by Gasteiger charge is 2.18. The molecule has 4 nitrogen and oxygen atoms in total. The van der Waals surface area contributed by atoms with Crippen LogP contribution >= 0.6 is 0 Å². The van der Waals surface area contributed by atoms with Crippen molar-refractivity contribution in [1.29, 1.82) is 0 Å². The van der Waals surface area contributed by atoms with Crippen molar-refractivity contribution in [1.82, 2.24) is 4.98 Å². The SMILES string of the molecule is c1ccc(-c2nc3ccc4ccc5ccc(N(c6ccccc6)c6cccc(-c7ccc8oc9ccccc9c8c7)c6)cc5c4c3o2)cc1. The summed E-state index contributed by atoms with van der Waals surface area (Å²) >= 11 is 0. The van der Waals surface area contributed by atoms with Gasteiger partial charge in [0.2, 0.25) is 5.89 Å². The highest BCUT2D eigenvalue weighted by atomic mass is 16.3. The molecule has 0 radical (unpaired) electrons. The van der Waals surface area contributed by atoms with Crippen LogP contribution in [-0.4, -0.2) is 4.98 Å². The van der Waals surface area contributed by atoms with E-state index in [1.54, 1.807) is 0 Å². The summed E-state index contributed by atoms with van der Waals surface area (Å²) in [5.74, 6) is 0.626. The zero-order chi connectivity index (χ0) is 32.3. The molecule has 8 aromatic carbocycles. The van der Waals surface area contributed by atoms with Gasteiger partial charge in [-0.25, -0.2) is 4.98 Å². The lowest BCUT2D eigenvalue weighted by molar-refractivity contribution is 0.623. The van der Waals surface area contributed by atoms with E-state index in [0.29, 0.717) is 5.89 Å². The molecule has 0 aliphatic heterocycles. The van der Waals surface area contributed by atoms with E-state index in [2.05, 4.69) is 132 Å². The summed E-state index contributed by atoms with van der Waals surface area (Å²) in [6, 6.07) is 59.3. The molecule has 0 atom stereocenters. The Balaban J connectivity index is 1.15. The van der Waals surface area contributed by atoms with Crippen molar-refractivity contribution < 1.29 is 8.83 Å². The van der Waals surface area contributed by atoms with Crippen LogP contribution in [0.25, 0.3) is 77.2 Å². The molecule has 0 aliphatic carbocycles. The largest absolute Gasteiger partial charge is 0.456 e. The van der Waals surface area contributed by atoms with Gasteiger partial charge in [-0.2, -0.15) is 0 Å². The maximum absolute atomic E-state index is 6.53. The smallest absolute Gasteiger partial charge is 0.227 e. The molecule has 10 aromatic rings. The third-order valence-corrected chi connectivity index (χ3v) is 9.45. The molecule has 0 fully saturated rings. The molecule has 0 saturated heterocycles. The first-order valence-corrected chi connectivity index (χ1v) is 16.5. The number of rotatable bonds is 5. The molecule has 49 heavy (non-hydrogen) atoms. The Labute approximate surface area is 282 Å². The van der Waals surface area contributed by atoms with Crippen molar-refractivity contribution in [2.45, 2.75) is 0 Å². The third-order valence-electron chi connectivity index (χ3n) is 9.45. The molecular weight excluding hydrogens is 601 g/mol. The summed E-state index contributed by atoms with van der Waals surface area (Å²) in [6.45, 7) is 0. The average Bonchev–Trinajstić information content (AvgIpc) is 3.77. The number of para-hydroxylation sites is 2. The number of furan rings is 1. The lowest BCUT2D eigenvalue weighted by Crippen LogP contribution is -2.09. The molecule has 0 unspecified atom stereocenters. The van der Waals surface area contributed by atoms with Crippen LogP contribution in [0.15, 0.2) is 179 Å². The van der Waals surface area contributed by atoms with Gasteiger partial charge in [0.15, 0.2) is 5.58 Å². The van der Waals surface area contributed by atoms with Crippen LogP contribution in [0.1, 0.15) is 0 Å². The van der Waals surface area contributed by atoms with E-state index in [9.17, 15) is 0 Å². The van der Waals surface area contributed by atoms with E-state index in [-0.39, 0.29) is 0 Å². The summed E-state index contributed by atoms with van der Waals surface area (Å²) in [6.07, 6.45) is 0. The summed E-state index contributed by atoms with van der Waals surface area (Å²) in [4.78, 5) is 7.20. The van der Waals surface area contributed by atoms with E-state index in [1.807, 2.05) is 42.5 Å². The molecule has 230 valence electrons. The molecule has 0 amide bonds. The quantitative estimate of drug-likeness (QED) is 0.178. The second-order valence-electron chi connectivity index (χ2n) is 12.4. The number of nitrogens with zero attached hydrogens (tertiary/aromatic N) is 2. The summed E-state index contributed by atoms with van der Waals surface area (Å²) in [7, 11) is 0. The Bertz CT molecular complexity index is 2830. The Morgan fingerprint density at radius 2 is 1.08 bits per heavy atom. The first-order valence-electron chi connectivity index (χ1n) is 16.5. The van der Waals surface area contributed by atoms with E-state index in [0.717, 1.165) is 88.3 Å². The number of anilines is 3. The second-order valence-corrected chi connectivity index (χ2v) is 12.4. The predicted molar refractivity (Wildman–Crippen MR) is 202 cm³/mol. The van der Waals surface area contributed by atoms with Crippen molar-refractivity contribution in [2.75, 3.05) is 4.90 Å². The van der Waals surface area contributed by atoms with Gasteiger partial charge in [-0.15, -0.1) is 0 Å². The van der Waals surface area contributed by atoms with Crippen LogP contribution in [0.5, 0.6) is 0 Å². The topological polar surface area (TPSA) is 42.4 Å². The number of oxazole rings is 1. The van der Waals surface area contributed by atoms with E-state index < -0.39 is 0 Å². The normalized spacial score (nSPS) is 11.7. The highest BCUT2D eigenvalue weighted by molar-refractivity contribution is 6.18. The van der Waals surface area contributed by atoms with Crippen molar-refractivity contribution in [2.24, 2.45) is 0 Å². The van der Waals surface area contributed by atoms with E-state index in [1.165, 1.54) is 0 Å². The first kappa shape index (κ1) is 27.5. The van der Waals surface area contributed by atoms with Crippen molar-refractivity contribution in [3.05, 3.63) is 170 Å². The van der Waals surface area contributed by atoms with E-state index >= 15 is 0 Å². The molecule has 0 saturated carbocycles. The van der Waals surface area contributed by atoms with Gasteiger partial charge in [0.25, 0.3) is 0 Å². The zero-order valence-corrected chi connectivity index (χ0v) is 26.4. The van der Waals surface area contributed by atoms with Crippen molar-refractivity contribution in [3.8, 4) is 22.6 Å². The lowest BCUT2D eigenvalue weighted by Gasteiger charge is -2.26.